The van der Waals surface area contributed by atoms with E-state index >= 15 is 0 Å². The monoisotopic (exact) mass is 370 g/mol. The molecule has 132 valence electrons. The molecule has 0 aliphatic carbocycles. The second-order valence-electron chi connectivity index (χ2n) is 5.63. The minimum Gasteiger partial charge on any atom is -0.488 e. The quantitative estimate of drug-likeness (QED) is 0.511. The number of hydrogen-bond donors (Lipinski definition) is 1. The van der Waals surface area contributed by atoms with E-state index < -0.39 is 11.8 Å². The molecule has 0 aromatic heterocycles. The second-order valence-corrected chi connectivity index (χ2v) is 6.02. The highest BCUT2D eigenvalue weighted by Gasteiger charge is 2.30. The van der Waals surface area contributed by atoms with Crippen molar-refractivity contribution in [1.29, 1.82) is 0 Å². The summed E-state index contributed by atoms with van der Waals surface area (Å²) in [7, 11) is 1.49. The summed E-state index contributed by atoms with van der Waals surface area (Å²) in [6.45, 7) is 0.227. The van der Waals surface area contributed by atoms with E-state index in [1.54, 1.807) is 36.4 Å². The average molecular weight is 370 g/mol. The van der Waals surface area contributed by atoms with Crippen molar-refractivity contribution in [2.75, 3.05) is 7.05 Å². The van der Waals surface area contributed by atoms with Gasteiger partial charge < -0.3 is 4.74 Å². The highest BCUT2D eigenvalue weighted by molar-refractivity contribution is 7.80. The number of ether oxygens (including phenoxy) is 1. The SMILES string of the molecule is CN1C(=O)/C(=C/c2ccccc2OCc2ccc(F)cc2)C(=O)NC1=S. The number of carbonyl (C=O) groups is 2. The van der Waals surface area contributed by atoms with Crippen LogP contribution in [-0.2, 0) is 16.2 Å². The molecule has 3 rings (SSSR count). The third-order valence-electron chi connectivity index (χ3n) is 3.83. The number of rotatable bonds is 4. The molecule has 0 atom stereocenters. The Kier molecular flexibility index (Phi) is 5.09. The van der Waals surface area contributed by atoms with Gasteiger partial charge >= 0.3 is 0 Å². The number of benzene rings is 2. The number of para-hydroxylation sites is 1. The molecule has 0 unspecified atom stereocenters. The highest BCUT2D eigenvalue weighted by atomic mass is 32.1. The lowest BCUT2D eigenvalue weighted by Gasteiger charge is -2.25. The molecule has 0 bridgehead atoms. The van der Waals surface area contributed by atoms with Gasteiger partial charge in [0.25, 0.3) is 11.8 Å². The maximum atomic E-state index is 13.0. The van der Waals surface area contributed by atoms with Crippen LogP contribution >= 0.6 is 12.2 Å². The molecule has 0 saturated carbocycles. The van der Waals surface area contributed by atoms with E-state index in [2.05, 4.69) is 5.32 Å². The molecule has 1 aliphatic rings. The van der Waals surface area contributed by atoms with Crippen molar-refractivity contribution in [2.45, 2.75) is 6.61 Å². The van der Waals surface area contributed by atoms with Gasteiger partial charge in [0.05, 0.1) is 0 Å². The standard InChI is InChI=1S/C19H15FN2O3S/c1-22-18(24)15(17(23)21-19(22)26)10-13-4-2-3-5-16(13)25-11-12-6-8-14(20)9-7-12/h2-10H,11H2,1H3,(H,21,23,26)/b15-10+. The lowest BCUT2D eigenvalue weighted by atomic mass is 10.1. The minimum atomic E-state index is -0.550. The summed E-state index contributed by atoms with van der Waals surface area (Å²) in [4.78, 5) is 25.6. The average Bonchev–Trinajstić information content (AvgIpc) is 2.64. The fourth-order valence-corrected chi connectivity index (χ4v) is 2.55. The lowest BCUT2D eigenvalue weighted by Crippen LogP contribution is -2.52. The Bertz CT molecular complexity index is 909. The van der Waals surface area contributed by atoms with Gasteiger partial charge in [-0.25, -0.2) is 4.39 Å². The fraction of sp³-hybridized carbons (Fsp3) is 0.105. The number of hydrogen-bond acceptors (Lipinski definition) is 4. The summed E-state index contributed by atoms with van der Waals surface area (Å²) < 4.78 is 18.7. The minimum absolute atomic E-state index is 0.0288. The van der Waals surface area contributed by atoms with Crippen LogP contribution < -0.4 is 10.1 Å². The van der Waals surface area contributed by atoms with Crippen LogP contribution in [0.15, 0.2) is 54.1 Å². The van der Waals surface area contributed by atoms with Crippen molar-refractivity contribution in [2.24, 2.45) is 0 Å². The Morgan fingerprint density at radius 1 is 1.15 bits per heavy atom. The molecule has 2 aromatic carbocycles. The number of nitrogens with zero attached hydrogens (tertiary/aromatic N) is 1. The fourth-order valence-electron chi connectivity index (χ4n) is 2.37. The summed E-state index contributed by atoms with van der Waals surface area (Å²) in [5.41, 5.74) is 1.35. The summed E-state index contributed by atoms with van der Waals surface area (Å²) >= 11 is 4.93. The topological polar surface area (TPSA) is 58.6 Å². The van der Waals surface area contributed by atoms with Gasteiger partial charge in [-0.05, 0) is 42.1 Å². The van der Waals surface area contributed by atoms with Gasteiger partial charge in [-0.3, -0.25) is 19.8 Å². The largest absolute Gasteiger partial charge is 0.488 e. The van der Waals surface area contributed by atoms with Crippen LogP contribution in [0.2, 0.25) is 0 Å². The zero-order chi connectivity index (χ0) is 18.7. The second kappa shape index (κ2) is 7.45. The van der Waals surface area contributed by atoms with E-state index in [0.717, 1.165) is 5.56 Å². The molecular weight excluding hydrogens is 355 g/mol. The molecule has 26 heavy (non-hydrogen) atoms. The van der Waals surface area contributed by atoms with Crippen molar-refractivity contribution in [3.8, 4) is 5.75 Å². The van der Waals surface area contributed by atoms with Crippen molar-refractivity contribution in [1.82, 2.24) is 10.2 Å². The van der Waals surface area contributed by atoms with Gasteiger partial charge in [-0.2, -0.15) is 0 Å². The smallest absolute Gasteiger partial charge is 0.265 e. The number of likely N-dealkylation sites (N-methyl/N-ethyl adjacent to an activating group) is 1. The first-order chi connectivity index (χ1) is 12.5. The maximum Gasteiger partial charge on any atom is 0.265 e. The van der Waals surface area contributed by atoms with Gasteiger partial charge in [-0.15, -0.1) is 0 Å². The first-order valence-corrected chi connectivity index (χ1v) is 8.18. The molecule has 2 aromatic rings. The molecule has 1 N–H and O–H groups in total. The Labute approximate surface area is 155 Å². The summed E-state index contributed by atoms with van der Waals surface area (Å²) in [5.74, 6) is -0.845. The predicted molar refractivity (Wildman–Crippen MR) is 98.7 cm³/mol. The first-order valence-electron chi connectivity index (χ1n) is 7.77. The number of halogens is 1. The van der Waals surface area contributed by atoms with Crippen LogP contribution in [0, 0.1) is 5.82 Å². The molecule has 2 amide bonds. The van der Waals surface area contributed by atoms with Crippen molar-refractivity contribution in [3.63, 3.8) is 0 Å². The normalized spacial score (nSPS) is 16.0. The zero-order valence-electron chi connectivity index (χ0n) is 13.9. The van der Waals surface area contributed by atoms with Crippen molar-refractivity contribution in [3.05, 3.63) is 71.0 Å². The third kappa shape index (κ3) is 3.78. The van der Waals surface area contributed by atoms with Crippen molar-refractivity contribution >= 4 is 35.2 Å². The summed E-state index contributed by atoms with van der Waals surface area (Å²) in [6.07, 6.45) is 1.47. The van der Waals surface area contributed by atoms with E-state index in [0.29, 0.717) is 11.3 Å². The zero-order valence-corrected chi connectivity index (χ0v) is 14.7. The highest BCUT2D eigenvalue weighted by Crippen LogP contribution is 2.23. The number of nitrogens with one attached hydrogen (secondary N) is 1. The summed E-state index contributed by atoms with van der Waals surface area (Å²) in [5, 5.41) is 2.53. The van der Waals surface area contributed by atoms with Crippen LogP contribution in [0.3, 0.4) is 0 Å². The molecule has 1 aliphatic heterocycles. The van der Waals surface area contributed by atoms with Crippen LogP contribution in [0.1, 0.15) is 11.1 Å². The van der Waals surface area contributed by atoms with Gasteiger partial charge in [0.15, 0.2) is 5.11 Å². The first kappa shape index (κ1) is 17.8. The van der Waals surface area contributed by atoms with E-state index in [4.69, 9.17) is 17.0 Å². The van der Waals surface area contributed by atoms with Crippen LogP contribution in [0.5, 0.6) is 5.75 Å². The molecule has 0 radical (unpaired) electrons. The Hall–Kier alpha value is -3.06. The van der Waals surface area contributed by atoms with Gasteiger partial charge in [-0.1, -0.05) is 30.3 Å². The molecule has 1 fully saturated rings. The maximum absolute atomic E-state index is 13.0. The number of carbonyl (C=O) groups excluding carboxylic acids is 2. The van der Waals surface area contributed by atoms with E-state index in [-0.39, 0.29) is 23.1 Å². The molecule has 5 nitrogen and oxygen atoms in total. The molecular formula is C19H15FN2O3S. The Balaban J connectivity index is 1.85. The van der Waals surface area contributed by atoms with E-state index in [9.17, 15) is 14.0 Å². The van der Waals surface area contributed by atoms with Gasteiger partial charge in [0.2, 0.25) is 0 Å². The van der Waals surface area contributed by atoms with Gasteiger partial charge in [0.1, 0.15) is 23.7 Å². The van der Waals surface area contributed by atoms with Crippen LogP contribution in [0.25, 0.3) is 6.08 Å². The van der Waals surface area contributed by atoms with E-state index in [1.807, 2.05) is 0 Å². The number of amides is 2. The Morgan fingerprint density at radius 2 is 1.85 bits per heavy atom. The predicted octanol–water partition coefficient (Wildman–Crippen LogP) is 2.66. The van der Waals surface area contributed by atoms with E-state index in [1.165, 1.54) is 30.2 Å². The van der Waals surface area contributed by atoms with Crippen LogP contribution in [0.4, 0.5) is 4.39 Å². The molecule has 0 spiro atoms. The molecule has 1 saturated heterocycles. The van der Waals surface area contributed by atoms with Gasteiger partial charge in [0, 0.05) is 12.6 Å². The molecule has 7 heteroatoms. The Morgan fingerprint density at radius 3 is 2.58 bits per heavy atom. The number of thiocarbonyl (C=S) groups is 1. The third-order valence-corrected chi connectivity index (χ3v) is 4.21. The van der Waals surface area contributed by atoms with Crippen molar-refractivity contribution < 1.29 is 18.7 Å². The van der Waals surface area contributed by atoms with Crippen LogP contribution in [-0.4, -0.2) is 28.9 Å². The lowest BCUT2D eigenvalue weighted by molar-refractivity contribution is -0.128. The molecule has 1 heterocycles. The summed E-state index contributed by atoms with van der Waals surface area (Å²) in [6, 6.07) is 13.0.